The minimum Gasteiger partial charge on any atom is -0.482 e. The molecule has 7 heteroatoms. The van der Waals surface area contributed by atoms with Gasteiger partial charge in [0.1, 0.15) is 15.1 Å². The van der Waals surface area contributed by atoms with Crippen LogP contribution in [-0.4, -0.2) is 24.7 Å². The molecule has 5 nitrogen and oxygen atoms in total. The Balaban J connectivity index is 1.83. The first kappa shape index (κ1) is 14.6. The summed E-state index contributed by atoms with van der Waals surface area (Å²) < 4.78 is 10.4. The molecule has 1 aromatic carbocycles. The zero-order valence-electron chi connectivity index (χ0n) is 10.8. The van der Waals surface area contributed by atoms with Crippen molar-refractivity contribution < 1.29 is 14.3 Å². The summed E-state index contributed by atoms with van der Waals surface area (Å²) in [5, 5.41) is 4.14. The number of halogens is 1. The van der Waals surface area contributed by atoms with Gasteiger partial charge < -0.3 is 14.8 Å². The van der Waals surface area contributed by atoms with Crippen LogP contribution in [0.15, 0.2) is 30.5 Å². The number of nitrogens with one attached hydrogen (secondary N) is 1. The highest BCUT2D eigenvalue weighted by atomic mass is 35.5. The lowest BCUT2D eigenvalue weighted by molar-refractivity contribution is -0.142. The van der Waals surface area contributed by atoms with Crippen molar-refractivity contribution in [3.05, 3.63) is 39.8 Å². The van der Waals surface area contributed by atoms with Crippen molar-refractivity contribution in [1.82, 2.24) is 4.98 Å². The molecule has 2 aromatic rings. The fourth-order valence-corrected chi connectivity index (χ4v) is 2.31. The van der Waals surface area contributed by atoms with Gasteiger partial charge >= 0.3 is 5.97 Å². The van der Waals surface area contributed by atoms with E-state index in [1.807, 2.05) is 12.1 Å². The Morgan fingerprint density at radius 2 is 2.15 bits per heavy atom. The molecule has 0 spiro atoms. The molecule has 0 bridgehead atoms. The molecule has 106 valence electrons. The first-order chi connectivity index (χ1) is 9.67. The van der Waals surface area contributed by atoms with Gasteiger partial charge in [-0.2, -0.15) is 0 Å². The van der Waals surface area contributed by atoms with Crippen LogP contribution < -0.4 is 10.1 Å². The van der Waals surface area contributed by atoms with Crippen molar-refractivity contribution >= 4 is 34.6 Å². The number of hydrogen-bond acceptors (Lipinski definition) is 6. The third-order valence-corrected chi connectivity index (χ3v) is 3.52. The van der Waals surface area contributed by atoms with Crippen LogP contribution >= 0.6 is 22.9 Å². The number of thiazole rings is 1. The largest absolute Gasteiger partial charge is 0.482 e. The molecular weight excluding hydrogens is 300 g/mol. The molecule has 0 saturated heterocycles. The quantitative estimate of drug-likeness (QED) is 0.831. The Hall–Kier alpha value is -1.79. The molecule has 1 aromatic heterocycles. The number of carbonyl (C=O) groups excluding carboxylic acids is 1. The highest BCUT2D eigenvalue weighted by molar-refractivity contribution is 7.15. The van der Waals surface area contributed by atoms with Gasteiger partial charge in [0.15, 0.2) is 6.61 Å². The second-order valence-electron chi connectivity index (χ2n) is 3.80. The molecular formula is C13H13ClN2O3S. The molecule has 0 aliphatic carbocycles. The number of nitrogens with zero attached hydrogens (tertiary/aromatic N) is 1. The van der Waals surface area contributed by atoms with Crippen LogP contribution in [0.1, 0.15) is 5.01 Å². The summed E-state index contributed by atoms with van der Waals surface area (Å²) in [7, 11) is 1.32. The van der Waals surface area contributed by atoms with Crippen molar-refractivity contribution in [2.75, 3.05) is 19.0 Å². The smallest absolute Gasteiger partial charge is 0.343 e. The standard InChI is InChI=1S/C13H13ClN2O3S/c1-18-13(17)8-19-10-4-2-9(3-5-10)15-7-12-16-6-11(14)20-12/h2-6,15H,7-8H2,1H3. The third kappa shape index (κ3) is 4.40. The Morgan fingerprint density at radius 1 is 1.40 bits per heavy atom. The molecule has 20 heavy (non-hydrogen) atoms. The number of methoxy groups -OCH3 is 1. The number of carbonyl (C=O) groups is 1. The number of hydrogen-bond donors (Lipinski definition) is 1. The van der Waals surface area contributed by atoms with Gasteiger partial charge in [0, 0.05) is 5.69 Å². The summed E-state index contributed by atoms with van der Waals surface area (Å²) in [6.45, 7) is 0.515. The van der Waals surface area contributed by atoms with Gasteiger partial charge in [-0.3, -0.25) is 0 Å². The minimum absolute atomic E-state index is 0.0963. The lowest BCUT2D eigenvalue weighted by Crippen LogP contribution is -2.12. The van der Waals surface area contributed by atoms with E-state index in [-0.39, 0.29) is 6.61 Å². The van der Waals surface area contributed by atoms with Crippen molar-refractivity contribution in [2.24, 2.45) is 0 Å². The van der Waals surface area contributed by atoms with Crippen LogP contribution in [0.4, 0.5) is 5.69 Å². The summed E-state index contributed by atoms with van der Waals surface area (Å²) in [5.74, 6) is 0.200. The van der Waals surface area contributed by atoms with E-state index in [0.717, 1.165) is 10.7 Å². The zero-order valence-corrected chi connectivity index (χ0v) is 12.3. The molecule has 0 radical (unpaired) electrons. The molecule has 0 fully saturated rings. The Bertz CT molecular complexity index is 571. The highest BCUT2D eigenvalue weighted by Crippen LogP contribution is 2.20. The SMILES string of the molecule is COC(=O)COc1ccc(NCc2ncc(Cl)s2)cc1. The fraction of sp³-hybridized carbons (Fsp3) is 0.231. The van der Waals surface area contributed by atoms with E-state index >= 15 is 0 Å². The van der Waals surface area contributed by atoms with E-state index in [9.17, 15) is 4.79 Å². The van der Waals surface area contributed by atoms with Crippen LogP contribution in [0.5, 0.6) is 5.75 Å². The van der Waals surface area contributed by atoms with Crippen LogP contribution in [0.3, 0.4) is 0 Å². The molecule has 0 amide bonds. The number of benzene rings is 1. The van der Waals surface area contributed by atoms with Gasteiger partial charge in [0.25, 0.3) is 0 Å². The predicted octanol–water partition coefficient (Wildman–Crippen LogP) is 2.96. The normalized spacial score (nSPS) is 10.1. The third-order valence-electron chi connectivity index (χ3n) is 2.41. The van der Waals surface area contributed by atoms with Crippen molar-refractivity contribution in [3.8, 4) is 5.75 Å². The monoisotopic (exact) mass is 312 g/mol. The highest BCUT2D eigenvalue weighted by Gasteiger charge is 2.02. The van der Waals surface area contributed by atoms with E-state index in [1.54, 1.807) is 18.3 Å². The maximum absolute atomic E-state index is 10.9. The van der Waals surface area contributed by atoms with Gasteiger partial charge in [-0.1, -0.05) is 11.6 Å². The van der Waals surface area contributed by atoms with Crippen LogP contribution in [-0.2, 0) is 16.1 Å². The zero-order chi connectivity index (χ0) is 14.4. The molecule has 2 rings (SSSR count). The van der Waals surface area contributed by atoms with E-state index in [2.05, 4.69) is 15.0 Å². The number of anilines is 1. The Kier molecular flexibility index (Phi) is 5.20. The maximum Gasteiger partial charge on any atom is 0.343 e. The number of ether oxygens (including phenoxy) is 2. The Morgan fingerprint density at radius 3 is 2.75 bits per heavy atom. The van der Waals surface area contributed by atoms with E-state index < -0.39 is 5.97 Å². The lowest BCUT2D eigenvalue weighted by Gasteiger charge is -2.07. The molecule has 1 heterocycles. The first-order valence-corrected chi connectivity index (χ1v) is 7.00. The van der Waals surface area contributed by atoms with Gasteiger partial charge in [-0.05, 0) is 24.3 Å². The maximum atomic E-state index is 10.9. The average molecular weight is 313 g/mol. The van der Waals surface area contributed by atoms with Crippen molar-refractivity contribution in [2.45, 2.75) is 6.54 Å². The first-order valence-electron chi connectivity index (χ1n) is 5.81. The van der Waals surface area contributed by atoms with Crippen molar-refractivity contribution in [3.63, 3.8) is 0 Å². The number of rotatable bonds is 6. The van der Waals surface area contributed by atoms with Gasteiger partial charge in [-0.15, -0.1) is 11.3 Å². The summed E-state index contributed by atoms with van der Waals surface area (Å²) in [4.78, 5) is 15.1. The topological polar surface area (TPSA) is 60.5 Å². The van der Waals surface area contributed by atoms with Gasteiger partial charge in [-0.25, -0.2) is 9.78 Å². The average Bonchev–Trinajstić information content (AvgIpc) is 2.89. The second kappa shape index (κ2) is 7.12. The fourth-order valence-electron chi connectivity index (χ4n) is 1.42. The van der Waals surface area contributed by atoms with Gasteiger partial charge in [0.05, 0.1) is 19.9 Å². The summed E-state index contributed by atoms with van der Waals surface area (Å²) in [5.41, 5.74) is 0.932. The second-order valence-corrected chi connectivity index (χ2v) is 5.55. The summed E-state index contributed by atoms with van der Waals surface area (Å²) >= 11 is 7.25. The molecule has 0 aliphatic rings. The van der Waals surface area contributed by atoms with Crippen LogP contribution in [0.25, 0.3) is 0 Å². The van der Waals surface area contributed by atoms with E-state index in [0.29, 0.717) is 16.6 Å². The predicted molar refractivity (Wildman–Crippen MR) is 78.4 cm³/mol. The molecule has 0 unspecified atom stereocenters. The number of aromatic nitrogens is 1. The lowest BCUT2D eigenvalue weighted by atomic mass is 10.3. The molecule has 0 atom stereocenters. The van der Waals surface area contributed by atoms with Crippen LogP contribution in [0.2, 0.25) is 4.34 Å². The summed E-state index contributed by atoms with van der Waals surface area (Å²) in [6, 6.07) is 7.28. The molecule has 1 N–H and O–H groups in total. The minimum atomic E-state index is -0.409. The van der Waals surface area contributed by atoms with Crippen LogP contribution in [0, 0.1) is 0 Å². The van der Waals surface area contributed by atoms with Gasteiger partial charge in [0.2, 0.25) is 0 Å². The summed E-state index contributed by atoms with van der Waals surface area (Å²) in [6.07, 6.45) is 1.63. The molecule has 0 saturated carbocycles. The van der Waals surface area contributed by atoms with E-state index in [4.69, 9.17) is 16.3 Å². The van der Waals surface area contributed by atoms with Crippen molar-refractivity contribution in [1.29, 1.82) is 0 Å². The van der Waals surface area contributed by atoms with E-state index in [1.165, 1.54) is 18.4 Å². The Labute approximate surface area is 125 Å². The number of esters is 1. The molecule has 0 aliphatic heterocycles.